The normalized spacial score (nSPS) is 18.2. The lowest BCUT2D eigenvalue weighted by molar-refractivity contribution is -0.172. The summed E-state index contributed by atoms with van der Waals surface area (Å²) in [5.41, 5.74) is 1.85. The second kappa shape index (κ2) is 20.7. The number of hydrogen-bond donors (Lipinski definition) is 8. The highest BCUT2D eigenvalue weighted by Gasteiger charge is 2.46. The highest BCUT2D eigenvalue weighted by atomic mass is 19.1. The van der Waals surface area contributed by atoms with Crippen LogP contribution >= 0.6 is 0 Å². The summed E-state index contributed by atoms with van der Waals surface area (Å²) in [4.78, 5) is 120. The molecule has 0 fully saturated rings. The fourth-order valence-electron chi connectivity index (χ4n) is 9.17. The van der Waals surface area contributed by atoms with Gasteiger partial charge in [-0.15, -0.1) is 0 Å². The van der Waals surface area contributed by atoms with Crippen LogP contribution in [0.5, 0.6) is 0 Å². The van der Waals surface area contributed by atoms with Gasteiger partial charge in [-0.2, -0.15) is 0 Å². The lowest BCUT2D eigenvalue weighted by Gasteiger charge is -2.31. The van der Waals surface area contributed by atoms with Crippen molar-refractivity contribution in [3.05, 3.63) is 110 Å². The summed E-state index contributed by atoms with van der Waals surface area (Å²) in [5, 5.41) is 38.0. The van der Waals surface area contributed by atoms with Crippen LogP contribution in [0.2, 0.25) is 0 Å². The van der Waals surface area contributed by atoms with E-state index in [0.29, 0.717) is 62.3 Å². The third kappa shape index (κ3) is 10.3. The first kappa shape index (κ1) is 49.7. The van der Waals surface area contributed by atoms with E-state index in [2.05, 4.69) is 31.9 Å². The molecule has 1 aliphatic carbocycles. The molecule has 4 atom stereocenters. The van der Waals surface area contributed by atoms with E-state index in [1.165, 1.54) is 10.6 Å². The Morgan fingerprint density at radius 3 is 2.38 bits per heavy atom. The molecule has 0 spiro atoms. The van der Waals surface area contributed by atoms with Gasteiger partial charge in [0.1, 0.15) is 38.5 Å². The smallest absolute Gasteiger partial charge is 0.343 e. The Labute approximate surface area is 403 Å². The molecule has 4 aliphatic rings. The van der Waals surface area contributed by atoms with Crippen molar-refractivity contribution in [2.24, 2.45) is 0 Å². The summed E-state index contributed by atoms with van der Waals surface area (Å²) in [6, 6.07) is 9.92. The van der Waals surface area contributed by atoms with Gasteiger partial charge in [0.2, 0.25) is 29.5 Å². The zero-order valence-electron chi connectivity index (χ0n) is 38.5. The van der Waals surface area contributed by atoms with Crippen molar-refractivity contribution in [3.63, 3.8) is 0 Å². The molecule has 372 valence electrons. The van der Waals surface area contributed by atoms with Crippen LogP contribution in [0, 0.1) is 12.7 Å². The van der Waals surface area contributed by atoms with Gasteiger partial charge in [0.15, 0.2) is 5.60 Å². The number of fused-ring (bicyclic) bond motifs is 5. The molecule has 0 saturated heterocycles. The first-order chi connectivity index (χ1) is 34.0. The van der Waals surface area contributed by atoms with Gasteiger partial charge in [-0.05, 0) is 60.9 Å². The molecule has 0 saturated carbocycles. The second-order valence-corrected chi connectivity index (χ2v) is 17.4. The molecular weight excluding hydrogens is 930 g/mol. The molecule has 0 radical (unpaired) electrons. The number of carbonyl (C=O) groups is 8. The van der Waals surface area contributed by atoms with E-state index in [0.717, 1.165) is 17.7 Å². The number of carbonyl (C=O) groups excluding carboxylic acids is 8. The topological polar surface area (TPSA) is 306 Å². The monoisotopic (exact) mass is 979 g/mol. The van der Waals surface area contributed by atoms with E-state index in [4.69, 9.17) is 14.5 Å². The Morgan fingerprint density at radius 2 is 1.65 bits per heavy atom. The van der Waals surface area contributed by atoms with Gasteiger partial charge < -0.3 is 50.8 Å². The van der Waals surface area contributed by atoms with Crippen LogP contribution in [0.3, 0.4) is 0 Å². The molecule has 2 aromatic carbocycles. The number of aromatic nitrogens is 2. The first-order valence-corrected chi connectivity index (χ1v) is 22.7. The number of pyridine rings is 2. The Hall–Kier alpha value is -7.73. The van der Waals surface area contributed by atoms with Crippen molar-refractivity contribution in [2.75, 3.05) is 39.5 Å². The predicted molar refractivity (Wildman–Crippen MR) is 245 cm³/mol. The van der Waals surface area contributed by atoms with Crippen molar-refractivity contribution in [1.29, 1.82) is 0 Å². The van der Waals surface area contributed by atoms with E-state index in [1.807, 2.05) is 0 Å². The summed E-state index contributed by atoms with van der Waals surface area (Å²) in [7, 11) is 0. The maximum atomic E-state index is 15.3. The highest BCUT2D eigenvalue weighted by Crippen LogP contribution is 2.46. The summed E-state index contributed by atoms with van der Waals surface area (Å²) in [5.74, 6) is -6.03. The van der Waals surface area contributed by atoms with Gasteiger partial charge in [-0.3, -0.25) is 48.6 Å². The van der Waals surface area contributed by atoms with Crippen molar-refractivity contribution >= 4 is 58.2 Å². The number of nitrogens with one attached hydrogen (secondary N) is 6. The minimum absolute atomic E-state index is 0.0504. The number of nitrogens with zero attached hydrogens (tertiary/aromatic N) is 3. The van der Waals surface area contributed by atoms with E-state index in [-0.39, 0.29) is 37.1 Å². The lowest BCUT2D eigenvalue weighted by Crippen LogP contribution is -2.54. The number of rotatable bonds is 19. The minimum atomic E-state index is -2.05. The van der Waals surface area contributed by atoms with Gasteiger partial charge in [0.25, 0.3) is 17.4 Å². The van der Waals surface area contributed by atoms with Crippen LogP contribution in [0.15, 0.2) is 59.4 Å². The van der Waals surface area contributed by atoms with Gasteiger partial charge >= 0.3 is 5.97 Å². The van der Waals surface area contributed by atoms with Crippen LogP contribution in [0.25, 0.3) is 22.3 Å². The SMILES string of the molecule is CC[C@@]1(O)C(=O)OCc2c1cc1n(c2=O)Cc2c-1nc1cc(F)c(C)c3c1c2[C@@H](NC(=O)COCNC(=O)CNC(=O)[C@H](Cc1ccccc1)NC(O)CNC(=O)CNC(=O)CN1C(=O)C=CC1=O)CC3. The molecule has 1 unspecified atom stereocenters. The third-order valence-electron chi connectivity index (χ3n) is 12.9. The second-order valence-electron chi connectivity index (χ2n) is 17.4. The average Bonchev–Trinajstić information content (AvgIpc) is 3.88. The molecule has 8 rings (SSSR count). The standard InChI is InChI=1S/C48H50FN9O13/c1-3-48(69)29-14-34-44-27(19-57(34)46(67)28(29)21-71-47(48)68)43-31(10-9-26-24(2)30(49)15-32(56-44)42(26)43)54-39(63)22-70-23-53-36(60)17-52-45(66)33(13-25-7-5-4-6-8-25)55-37(61)18-50-35(59)16-51-38(62)20-58-40(64)11-12-41(58)65/h4-8,11-12,14-15,31,33,37,55,61,69H,3,9-10,13,16-23H2,1-2H3,(H,50,59)(H,51,62)(H,52,66)(H,53,60)(H,54,63)/t31-,33-,37?,48-/m0/s1. The van der Waals surface area contributed by atoms with Crippen LogP contribution in [-0.2, 0) is 79.4 Å². The fraction of sp³-hybridized carbons (Fsp3) is 0.375. The molecule has 0 bridgehead atoms. The molecule has 5 heterocycles. The van der Waals surface area contributed by atoms with E-state index < -0.39 is 122 Å². The molecule has 7 amide bonds. The number of halogens is 1. The summed E-state index contributed by atoms with van der Waals surface area (Å²) in [6.45, 7) is 0.0706. The Bertz CT molecular complexity index is 2960. The number of hydrogen-bond acceptors (Lipinski definition) is 15. The number of imide groups is 1. The van der Waals surface area contributed by atoms with Crippen molar-refractivity contribution in [3.8, 4) is 11.4 Å². The number of ether oxygens (including phenoxy) is 2. The fourth-order valence-corrected chi connectivity index (χ4v) is 9.17. The van der Waals surface area contributed by atoms with Crippen LogP contribution < -0.4 is 37.5 Å². The minimum Gasteiger partial charge on any atom is -0.458 e. The molecule has 71 heavy (non-hydrogen) atoms. The summed E-state index contributed by atoms with van der Waals surface area (Å²) in [6.07, 6.45) is 1.36. The van der Waals surface area contributed by atoms with Gasteiger partial charge in [-0.25, -0.2) is 14.2 Å². The van der Waals surface area contributed by atoms with Crippen molar-refractivity contribution < 1.29 is 62.4 Å². The molecule has 8 N–H and O–H groups in total. The predicted octanol–water partition coefficient (Wildman–Crippen LogP) is -1.49. The molecular formula is C48H50FN9O13. The van der Waals surface area contributed by atoms with Crippen LogP contribution in [0.4, 0.5) is 4.39 Å². The number of benzene rings is 2. The van der Waals surface area contributed by atoms with Gasteiger partial charge in [0.05, 0.1) is 60.7 Å². The zero-order valence-corrected chi connectivity index (χ0v) is 38.5. The number of esters is 1. The molecule has 3 aliphatic heterocycles. The number of cyclic esters (lactones) is 1. The number of aryl methyl sites for hydroxylation is 1. The van der Waals surface area contributed by atoms with E-state index >= 15 is 4.39 Å². The van der Waals surface area contributed by atoms with Gasteiger partial charge in [-0.1, -0.05) is 37.3 Å². The lowest BCUT2D eigenvalue weighted by atomic mass is 9.81. The molecule has 4 aromatic rings. The average molecular weight is 980 g/mol. The molecule has 2 aromatic heterocycles. The van der Waals surface area contributed by atoms with Crippen molar-refractivity contribution in [1.82, 2.24) is 46.4 Å². The molecule has 23 heteroatoms. The van der Waals surface area contributed by atoms with Crippen LogP contribution in [0.1, 0.15) is 64.8 Å². The Kier molecular flexibility index (Phi) is 14.5. The van der Waals surface area contributed by atoms with Gasteiger partial charge in [0, 0.05) is 34.7 Å². The molecule has 22 nitrogen and oxygen atoms in total. The zero-order chi connectivity index (χ0) is 50.7. The summed E-state index contributed by atoms with van der Waals surface area (Å²) >= 11 is 0. The number of amides is 7. The highest BCUT2D eigenvalue weighted by molar-refractivity contribution is 6.14. The third-order valence-corrected chi connectivity index (χ3v) is 12.9. The largest absolute Gasteiger partial charge is 0.458 e. The number of aliphatic hydroxyl groups is 2. The van der Waals surface area contributed by atoms with Crippen LogP contribution in [-0.4, -0.2) is 124 Å². The Morgan fingerprint density at radius 1 is 0.930 bits per heavy atom. The van der Waals surface area contributed by atoms with E-state index in [9.17, 15) is 53.4 Å². The Balaban J connectivity index is 0.844. The van der Waals surface area contributed by atoms with E-state index in [1.54, 1.807) is 50.2 Å². The first-order valence-electron chi connectivity index (χ1n) is 22.7. The number of aliphatic hydroxyl groups excluding tert-OH is 1. The quantitative estimate of drug-likeness (QED) is 0.0203. The maximum Gasteiger partial charge on any atom is 0.343 e. The maximum absolute atomic E-state index is 15.3. The summed E-state index contributed by atoms with van der Waals surface area (Å²) < 4.78 is 27.5. The van der Waals surface area contributed by atoms with Crippen molar-refractivity contribution in [2.45, 2.75) is 76.6 Å².